The first-order valence-corrected chi connectivity index (χ1v) is 4.57. The first-order chi connectivity index (χ1) is 7.72. The van der Waals surface area contributed by atoms with Crippen LogP contribution in [-0.2, 0) is 9.57 Å². The summed E-state index contributed by atoms with van der Waals surface area (Å²) in [6, 6.07) is 1.59. The van der Waals surface area contributed by atoms with Crippen LogP contribution in [0.1, 0.15) is 0 Å². The van der Waals surface area contributed by atoms with E-state index >= 15 is 0 Å². The van der Waals surface area contributed by atoms with Crippen LogP contribution in [0.25, 0.3) is 11.2 Å². The van der Waals surface area contributed by atoms with Gasteiger partial charge in [-0.3, -0.25) is 4.84 Å². The molecular weight excluding hydrogens is 236 g/mol. The lowest BCUT2D eigenvalue weighted by atomic mass is 10.4. The first kappa shape index (κ1) is 10.8. The maximum absolute atomic E-state index is 11.5. The van der Waals surface area contributed by atoms with Crippen molar-refractivity contribution in [2.75, 3.05) is 6.79 Å². The van der Waals surface area contributed by atoms with Crippen molar-refractivity contribution >= 4 is 28.9 Å². The summed E-state index contributed by atoms with van der Waals surface area (Å²) in [5.41, 5.74) is 0.851. The molecule has 0 bridgehead atoms. The van der Waals surface area contributed by atoms with Crippen LogP contribution in [0.4, 0.5) is 4.79 Å². The minimum absolute atomic E-state index is 0.341. The second kappa shape index (κ2) is 4.44. The van der Waals surface area contributed by atoms with E-state index in [0.29, 0.717) is 16.2 Å². The van der Waals surface area contributed by atoms with E-state index in [4.69, 9.17) is 17.5 Å². The zero-order valence-corrected chi connectivity index (χ0v) is 8.72. The third-order valence-electron chi connectivity index (χ3n) is 1.80. The molecule has 0 aliphatic carbocycles. The summed E-state index contributed by atoms with van der Waals surface area (Å²) in [6.45, 7) is -0.341. The van der Waals surface area contributed by atoms with Crippen molar-refractivity contribution < 1.29 is 14.4 Å². The molecule has 2 rings (SSSR count). The zero-order valence-electron chi connectivity index (χ0n) is 7.96. The molecule has 2 heterocycles. The molecule has 2 aromatic heterocycles. The van der Waals surface area contributed by atoms with Crippen LogP contribution in [0.15, 0.2) is 18.6 Å². The number of hydrogen-bond acceptors (Lipinski definition) is 6. The van der Waals surface area contributed by atoms with Crippen molar-refractivity contribution in [3.8, 4) is 0 Å². The quantitative estimate of drug-likeness (QED) is 0.622. The fourth-order valence-corrected chi connectivity index (χ4v) is 1.32. The van der Waals surface area contributed by atoms with Crippen LogP contribution in [0.3, 0.4) is 0 Å². The summed E-state index contributed by atoms with van der Waals surface area (Å²) in [4.78, 5) is 23.5. The lowest BCUT2D eigenvalue weighted by Crippen LogP contribution is -2.16. The molecule has 0 aromatic carbocycles. The Hall–Kier alpha value is -1.70. The maximum Gasteiger partial charge on any atom is 0.423 e. The second-order valence-electron chi connectivity index (χ2n) is 2.81. The molecule has 84 valence electrons. The Morgan fingerprint density at radius 1 is 1.56 bits per heavy atom. The van der Waals surface area contributed by atoms with E-state index in [1.807, 2.05) is 0 Å². The zero-order chi connectivity index (χ0) is 11.5. The van der Waals surface area contributed by atoms with Gasteiger partial charge in [0, 0.05) is 6.20 Å². The fraction of sp³-hybridized carbons (Fsp3) is 0.125. The van der Waals surface area contributed by atoms with Gasteiger partial charge in [0.25, 0.3) is 0 Å². The molecule has 0 radical (unpaired) electrons. The normalized spacial score (nSPS) is 10.6. The number of aromatic nitrogens is 3. The number of nitrogens with two attached hydrogens (primary N) is 1. The van der Waals surface area contributed by atoms with Crippen LogP contribution >= 0.6 is 11.6 Å². The number of fused-ring (bicyclic) bond motifs is 1. The van der Waals surface area contributed by atoms with Gasteiger partial charge < -0.3 is 4.74 Å². The molecule has 0 unspecified atom stereocenters. The molecule has 7 nitrogen and oxygen atoms in total. The summed E-state index contributed by atoms with van der Waals surface area (Å²) in [5, 5.41) is 0.441. The summed E-state index contributed by atoms with van der Waals surface area (Å²) in [7, 11) is 0. The molecular formula is C8H7ClN4O3. The van der Waals surface area contributed by atoms with Gasteiger partial charge in [0.05, 0.1) is 5.02 Å². The van der Waals surface area contributed by atoms with E-state index in [9.17, 15) is 4.79 Å². The molecule has 8 heteroatoms. The monoisotopic (exact) mass is 242 g/mol. The highest BCUT2D eigenvalue weighted by atomic mass is 35.5. The number of ether oxygens (including phenoxy) is 1. The van der Waals surface area contributed by atoms with Gasteiger partial charge in [0.15, 0.2) is 5.65 Å². The molecule has 0 aliphatic rings. The van der Waals surface area contributed by atoms with Gasteiger partial charge in [0.1, 0.15) is 11.8 Å². The van der Waals surface area contributed by atoms with Gasteiger partial charge in [-0.2, -0.15) is 0 Å². The molecule has 16 heavy (non-hydrogen) atoms. The summed E-state index contributed by atoms with van der Waals surface area (Å²) in [6.07, 6.45) is 2.02. The Labute approximate surface area is 94.7 Å². The number of hydrogen-bond donors (Lipinski definition) is 1. The van der Waals surface area contributed by atoms with E-state index in [2.05, 4.69) is 19.5 Å². The van der Waals surface area contributed by atoms with Gasteiger partial charge in [-0.05, 0) is 6.07 Å². The highest BCUT2D eigenvalue weighted by molar-refractivity contribution is 6.31. The molecule has 0 saturated heterocycles. The molecule has 0 atom stereocenters. The van der Waals surface area contributed by atoms with E-state index < -0.39 is 6.09 Å². The van der Waals surface area contributed by atoms with Crippen LogP contribution in [0, 0.1) is 0 Å². The fourth-order valence-electron chi connectivity index (χ4n) is 1.16. The number of pyridine rings is 1. The summed E-state index contributed by atoms with van der Waals surface area (Å²) >= 11 is 5.73. The first-order valence-electron chi connectivity index (χ1n) is 4.20. The number of halogens is 1. The van der Waals surface area contributed by atoms with Crippen molar-refractivity contribution in [2.24, 2.45) is 5.90 Å². The van der Waals surface area contributed by atoms with E-state index in [0.717, 1.165) is 4.57 Å². The Morgan fingerprint density at radius 2 is 2.38 bits per heavy atom. The molecule has 0 saturated carbocycles. The third-order valence-corrected chi connectivity index (χ3v) is 2.01. The lowest BCUT2D eigenvalue weighted by Gasteiger charge is -2.02. The lowest BCUT2D eigenvalue weighted by molar-refractivity contribution is -0.0156. The molecule has 0 spiro atoms. The highest BCUT2D eigenvalue weighted by Gasteiger charge is 2.12. The summed E-state index contributed by atoms with van der Waals surface area (Å²) < 4.78 is 5.77. The Kier molecular flexibility index (Phi) is 3.00. The SMILES string of the molecule is NOCOC(=O)n1cnc2cc(Cl)cnc21. The summed E-state index contributed by atoms with van der Waals surface area (Å²) in [5.74, 6) is 4.73. The van der Waals surface area contributed by atoms with Gasteiger partial charge in [0.2, 0.25) is 6.79 Å². The smallest absolute Gasteiger partial charge is 0.420 e. The van der Waals surface area contributed by atoms with Gasteiger partial charge in [-0.15, -0.1) is 0 Å². The van der Waals surface area contributed by atoms with Crippen LogP contribution < -0.4 is 5.90 Å². The molecule has 2 N–H and O–H groups in total. The van der Waals surface area contributed by atoms with Crippen molar-refractivity contribution in [1.82, 2.24) is 14.5 Å². The molecule has 0 fully saturated rings. The number of nitrogens with zero attached hydrogens (tertiary/aromatic N) is 3. The molecule has 0 aliphatic heterocycles. The average Bonchev–Trinajstić information content (AvgIpc) is 2.68. The van der Waals surface area contributed by atoms with Crippen LogP contribution in [-0.4, -0.2) is 27.4 Å². The Balaban J connectivity index is 2.34. The topological polar surface area (TPSA) is 92.3 Å². The van der Waals surface area contributed by atoms with Crippen LogP contribution in [0.2, 0.25) is 5.02 Å². The molecule has 0 amide bonds. The van der Waals surface area contributed by atoms with Crippen molar-refractivity contribution in [3.63, 3.8) is 0 Å². The van der Waals surface area contributed by atoms with Crippen LogP contribution in [0.5, 0.6) is 0 Å². The number of imidazole rings is 1. The van der Waals surface area contributed by atoms with Gasteiger partial charge in [-0.1, -0.05) is 11.6 Å². The number of rotatable bonds is 2. The van der Waals surface area contributed by atoms with Crippen molar-refractivity contribution in [3.05, 3.63) is 23.6 Å². The standard InChI is InChI=1S/C8H7ClN4O3/c9-5-1-6-7(11-2-5)13(3-12-6)8(14)15-4-16-10/h1-3H,4,10H2. The minimum atomic E-state index is -0.678. The minimum Gasteiger partial charge on any atom is -0.420 e. The van der Waals surface area contributed by atoms with E-state index in [-0.39, 0.29) is 6.79 Å². The van der Waals surface area contributed by atoms with Gasteiger partial charge >= 0.3 is 6.09 Å². The average molecular weight is 243 g/mol. The Morgan fingerprint density at radius 3 is 3.12 bits per heavy atom. The highest BCUT2D eigenvalue weighted by Crippen LogP contribution is 2.15. The van der Waals surface area contributed by atoms with Gasteiger partial charge in [-0.25, -0.2) is 25.2 Å². The van der Waals surface area contributed by atoms with Crippen molar-refractivity contribution in [2.45, 2.75) is 0 Å². The Bertz CT molecular complexity index is 527. The maximum atomic E-state index is 11.5. The molecule has 2 aromatic rings. The van der Waals surface area contributed by atoms with E-state index in [1.54, 1.807) is 6.07 Å². The third kappa shape index (κ3) is 1.96. The predicted molar refractivity (Wildman–Crippen MR) is 54.6 cm³/mol. The largest absolute Gasteiger partial charge is 0.423 e. The number of carbonyl (C=O) groups excluding carboxylic acids is 1. The van der Waals surface area contributed by atoms with E-state index in [1.165, 1.54) is 12.5 Å². The second-order valence-corrected chi connectivity index (χ2v) is 3.24. The number of carbonyl (C=O) groups is 1. The van der Waals surface area contributed by atoms with Crippen molar-refractivity contribution in [1.29, 1.82) is 0 Å². The predicted octanol–water partition coefficient (Wildman–Crippen LogP) is 0.917.